The van der Waals surface area contributed by atoms with Gasteiger partial charge in [0.1, 0.15) is 11.6 Å². The predicted octanol–water partition coefficient (Wildman–Crippen LogP) is 5.92. The van der Waals surface area contributed by atoms with E-state index in [1.807, 2.05) is 67.9 Å². The zero-order valence-electron chi connectivity index (χ0n) is 28.4. The zero-order valence-corrected chi connectivity index (χ0v) is 28.4. The maximum atomic E-state index is 13.5. The summed E-state index contributed by atoms with van der Waals surface area (Å²) < 4.78 is 8.16. The first-order chi connectivity index (χ1) is 23.5. The van der Waals surface area contributed by atoms with E-state index in [2.05, 4.69) is 33.2 Å². The van der Waals surface area contributed by atoms with Gasteiger partial charge in [-0.1, -0.05) is 24.3 Å². The molecule has 5 aromatic rings. The number of amides is 1. The molecule has 11 nitrogen and oxygen atoms in total. The van der Waals surface area contributed by atoms with Gasteiger partial charge >= 0.3 is 5.97 Å². The maximum absolute atomic E-state index is 13.5. The molecule has 250 valence electrons. The summed E-state index contributed by atoms with van der Waals surface area (Å²) in [5.41, 5.74) is 8.88. The van der Waals surface area contributed by atoms with Crippen LogP contribution in [0, 0.1) is 30.6 Å². The second kappa shape index (κ2) is 12.3. The van der Waals surface area contributed by atoms with Gasteiger partial charge in [-0.25, -0.2) is 9.97 Å². The highest BCUT2D eigenvalue weighted by molar-refractivity contribution is 6.03. The molecule has 0 saturated carbocycles. The molecule has 1 amide bonds. The Morgan fingerprint density at radius 2 is 1.78 bits per heavy atom. The number of rotatable bonds is 7. The van der Waals surface area contributed by atoms with E-state index in [0.717, 1.165) is 64.3 Å². The number of imidazole rings is 1. The van der Waals surface area contributed by atoms with Crippen LogP contribution >= 0.6 is 0 Å². The van der Waals surface area contributed by atoms with Crippen molar-refractivity contribution in [1.82, 2.24) is 24.3 Å². The van der Waals surface area contributed by atoms with Crippen LogP contribution < -0.4 is 5.32 Å². The number of carbonyl (C=O) groups is 2. The number of hydrogen-bond donors (Lipinski definition) is 2. The molecule has 2 aromatic heterocycles. The lowest BCUT2D eigenvalue weighted by atomic mass is 9.90. The molecule has 0 bridgehead atoms. The molecular formula is C38H39N7O4. The maximum Gasteiger partial charge on any atom is 0.310 e. The standard InChI is InChI=1S/C38H39N7O4/c1-22-26(27-9-7-11-29(23(27)2)41-35(46)34-40-31-20-43(4)14-12-32(31)44(34)5)8-6-10-28(22)36-42-30-17-24(16-25(18-39)33(30)49-36)19-45-15-13-38(3,21-45)37(47)48/h6-11,16-17H,12-15,19-21H2,1-5H3,(H,41,46)(H,47,48)/t38-/m1/s1. The van der Waals surface area contributed by atoms with Crippen LogP contribution in [0.25, 0.3) is 33.7 Å². The topological polar surface area (TPSA) is 141 Å². The number of nitrogens with one attached hydrogen (secondary N) is 1. The minimum absolute atomic E-state index is 0.245. The van der Waals surface area contributed by atoms with E-state index in [4.69, 9.17) is 9.40 Å². The number of nitrogens with zero attached hydrogens (tertiary/aromatic N) is 6. The minimum Gasteiger partial charge on any atom is -0.481 e. The Hall–Kier alpha value is -5.31. The van der Waals surface area contributed by atoms with Crippen molar-refractivity contribution < 1.29 is 19.1 Å². The fourth-order valence-corrected chi connectivity index (χ4v) is 7.27. The number of carbonyl (C=O) groups excluding carboxylic acids is 1. The number of anilines is 1. The van der Waals surface area contributed by atoms with Crippen LogP contribution in [0.3, 0.4) is 0 Å². The SMILES string of the molecule is Cc1c(NC(=O)c2nc3c(n2C)CCN(C)C3)cccc1-c1cccc(-c2nc3cc(CN4CC[C@@](C)(C(=O)O)C4)cc(C#N)c3o2)c1C. The second-order valence-electron chi connectivity index (χ2n) is 13.7. The van der Waals surface area contributed by atoms with E-state index in [1.165, 1.54) is 0 Å². The normalized spacial score (nSPS) is 18.0. The molecule has 3 aromatic carbocycles. The van der Waals surface area contributed by atoms with Crippen LogP contribution in [0.5, 0.6) is 0 Å². The lowest BCUT2D eigenvalue weighted by Gasteiger charge is -2.21. The van der Waals surface area contributed by atoms with Gasteiger partial charge in [-0.15, -0.1) is 0 Å². The molecule has 1 saturated heterocycles. The highest BCUT2D eigenvalue weighted by atomic mass is 16.4. The van der Waals surface area contributed by atoms with Gasteiger partial charge in [-0.05, 0) is 92.9 Å². The zero-order chi connectivity index (χ0) is 34.6. The van der Waals surface area contributed by atoms with Crippen LogP contribution in [0.2, 0.25) is 0 Å². The van der Waals surface area contributed by atoms with Crippen LogP contribution in [0.15, 0.2) is 52.9 Å². The molecule has 0 spiro atoms. The number of benzene rings is 3. The molecule has 0 radical (unpaired) electrons. The monoisotopic (exact) mass is 657 g/mol. The highest BCUT2D eigenvalue weighted by Gasteiger charge is 2.40. The molecule has 4 heterocycles. The van der Waals surface area contributed by atoms with Crippen molar-refractivity contribution in [2.75, 3.05) is 32.0 Å². The van der Waals surface area contributed by atoms with Gasteiger partial charge in [0.2, 0.25) is 5.89 Å². The Morgan fingerprint density at radius 1 is 1.04 bits per heavy atom. The van der Waals surface area contributed by atoms with E-state index in [-0.39, 0.29) is 5.91 Å². The summed E-state index contributed by atoms with van der Waals surface area (Å²) in [6, 6.07) is 17.8. The van der Waals surface area contributed by atoms with Gasteiger partial charge in [0.05, 0.1) is 16.7 Å². The first-order valence-electron chi connectivity index (χ1n) is 16.5. The van der Waals surface area contributed by atoms with Crippen molar-refractivity contribution in [3.63, 3.8) is 0 Å². The fourth-order valence-electron chi connectivity index (χ4n) is 7.27. The van der Waals surface area contributed by atoms with Crippen molar-refractivity contribution >= 4 is 28.7 Å². The average molecular weight is 658 g/mol. The second-order valence-corrected chi connectivity index (χ2v) is 13.7. The molecule has 2 aliphatic heterocycles. The number of likely N-dealkylation sites (N-methyl/N-ethyl adjacent to an activating group) is 1. The number of carboxylic acid groups (broad SMARTS) is 1. The van der Waals surface area contributed by atoms with Crippen LogP contribution in [-0.2, 0) is 31.4 Å². The number of carboxylic acids is 1. The van der Waals surface area contributed by atoms with Crippen LogP contribution in [-0.4, -0.2) is 68.0 Å². The minimum atomic E-state index is -0.788. The molecule has 7 rings (SSSR count). The largest absolute Gasteiger partial charge is 0.481 e. The van der Waals surface area contributed by atoms with Crippen molar-refractivity contribution in [2.45, 2.75) is 46.7 Å². The van der Waals surface area contributed by atoms with Crippen molar-refractivity contribution in [2.24, 2.45) is 12.5 Å². The summed E-state index contributed by atoms with van der Waals surface area (Å²) in [6.45, 7) is 9.10. The van der Waals surface area contributed by atoms with Gasteiger partial charge < -0.3 is 24.3 Å². The number of aliphatic carboxylic acids is 1. The van der Waals surface area contributed by atoms with Crippen LogP contribution in [0.1, 0.15) is 57.6 Å². The third-order valence-corrected chi connectivity index (χ3v) is 10.2. The number of nitriles is 1. The predicted molar refractivity (Wildman–Crippen MR) is 186 cm³/mol. The number of oxazole rings is 1. The lowest BCUT2D eigenvalue weighted by molar-refractivity contribution is -0.147. The quantitative estimate of drug-likeness (QED) is 0.218. The molecule has 1 fully saturated rings. The number of likely N-dealkylation sites (tertiary alicyclic amines) is 1. The van der Waals surface area contributed by atoms with Gasteiger partial charge in [-0.3, -0.25) is 14.5 Å². The molecule has 2 N–H and O–H groups in total. The summed E-state index contributed by atoms with van der Waals surface area (Å²) in [5, 5.41) is 22.7. The summed E-state index contributed by atoms with van der Waals surface area (Å²) in [5.74, 6) is -0.220. The summed E-state index contributed by atoms with van der Waals surface area (Å²) in [7, 11) is 3.96. The Bertz CT molecular complexity index is 2190. The number of hydrogen-bond acceptors (Lipinski definition) is 8. The third kappa shape index (κ3) is 5.77. The van der Waals surface area contributed by atoms with Gasteiger partial charge in [0.15, 0.2) is 11.4 Å². The Labute approximate surface area is 284 Å². The molecule has 11 heteroatoms. The van der Waals surface area contributed by atoms with E-state index < -0.39 is 11.4 Å². The van der Waals surface area contributed by atoms with Gasteiger partial charge in [-0.2, -0.15) is 5.26 Å². The molecule has 0 unspecified atom stereocenters. The average Bonchev–Trinajstić information content (AvgIpc) is 3.77. The smallest absolute Gasteiger partial charge is 0.310 e. The number of aromatic nitrogens is 3. The fraction of sp³-hybridized carbons (Fsp3) is 0.342. The Kier molecular flexibility index (Phi) is 8.09. The first kappa shape index (κ1) is 32.2. The Morgan fingerprint density at radius 3 is 2.51 bits per heavy atom. The molecule has 1 atom stereocenters. The molecule has 49 heavy (non-hydrogen) atoms. The first-order valence-corrected chi connectivity index (χ1v) is 16.5. The molecule has 2 aliphatic rings. The van der Waals surface area contributed by atoms with E-state index >= 15 is 0 Å². The van der Waals surface area contributed by atoms with Crippen molar-refractivity contribution in [1.29, 1.82) is 5.26 Å². The van der Waals surface area contributed by atoms with Crippen LogP contribution in [0.4, 0.5) is 5.69 Å². The molecular weight excluding hydrogens is 618 g/mol. The van der Waals surface area contributed by atoms with Crippen molar-refractivity contribution in [3.8, 4) is 28.7 Å². The summed E-state index contributed by atoms with van der Waals surface area (Å²) in [4.78, 5) is 39.1. The Balaban J connectivity index is 1.17. The lowest BCUT2D eigenvalue weighted by Crippen LogP contribution is -2.31. The molecule has 0 aliphatic carbocycles. The van der Waals surface area contributed by atoms with Gasteiger partial charge in [0, 0.05) is 56.6 Å². The summed E-state index contributed by atoms with van der Waals surface area (Å²) >= 11 is 0. The third-order valence-electron chi connectivity index (χ3n) is 10.2. The highest BCUT2D eigenvalue weighted by Crippen LogP contribution is 2.37. The van der Waals surface area contributed by atoms with E-state index in [1.54, 1.807) is 13.0 Å². The number of fused-ring (bicyclic) bond motifs is 2. The van der Waals surface area contributed by atoms with Crippen molar-refractivity contribution in [3.05, 3.63) is 88.0 Å². The van der Waals surface area contributed by atoms with E-state index in [0.29, 0.717) is 60.1 Å². The van der Waals surface area contributed by atoms with E-state index in [9.17, 15) is 20.0 Å². The summed E-state index contributed by atoms with van der Waals surface area (Å²) in [6.07, 6.45) is 1.44. The van der Waals surface area contributed by atoms with Gasteiger partial charge in [0.25, 0.3) is 5.91 Å².